The summed E-state index contributed by atoms with van der Waals surface area (Å²) in [6.07, 6.45) is 6.97. The zero-order chi connectivity index (χ0) is 23.3. The third-order valence-corrected chi connectivity index (χ3v) is 7.51. The van der Waals surface area contributed by atoms with E-state index >= 15 is 0 Å². The average Bonchev–Trinajstić information content (AvgIpc) is 3.53. The van der Waals surface area contributed by atoms with Crippen molar-refractivity contribution in [3.05, 3.63) is 41.5 Å². The van der Waals surface area contributed by atoms with Gasteiger partial charge in [-0.15, -0.1) is 0 Å². The van der Waals surface area contributed by atoms with Gasteiger partial charge in [-0.25, -0.2) is 0 Å². The Morgan fingerprint density at radius 3 is 2.58 bits per heavy atom. The predicted molar refractivity (Wildman–Crippen MR) is 123 cm³/mol. The van der Waals surface area contributed by atoms with E-state index in [9.17, 15) is 14.4 Å². The van der Waals surface area contributed by atoms with Crippen molar-refractivity contribution in [1.29, 1.82) is 0 Å². The quantitative estimate of drug-likeness (QED) is 0.530. The summed E-state index contributed by atoms with van der Waals surface area (Å²) in [7, 11) is 0. The molecule has 1 aliphatic carbocycles. The number of hydrogen-bond acceptors (Lipinski definition) is 5. The zero-order valence-corrected chi connectivity index (χ0v) is 19.5. The van der Waals surface area contributed by atoms with Crippen molar-refractivity contribution in [1.82, 2.24) is 5.32 Å². The molecule has 0 radical (unpaired) electrons. The summed E-state index contributed by atoms with van der Waals surface area (Å²) >= 11 is 0. The third-order valence-electron chi connectivity index (χ3n) is 7.51. The van der Waals surface area contributed by atoms with Gasteiger partial charge in [-0.2, -0.15) is 0 Å². The number of anilines is 1. The molecule has 1 N–H and O–H groups in total. The fourth-order valence-corrected chi connectivity index (χ4v) is 6.00. The summed E-state index contributed by atoms with van der Waals surface area (Å²) in [6.45, 7) is 6.20. The van der Waals surface area contributed by atoms with Crippen LogP contribution in [0.1, 0.15) is 50.2 Å². The molecule has 4 aliphatic rings. The monoisotopic (exact) mass is 452 g/mol. The minimum absolute atomic E-state index is 0.128. The number of nitrogens with one attached hydrogen (secondary N) is 1. The van der Waals surface area contributed by atoms with Gasteiger partial charge in [0.25, 0.3) is 5.91 Å². The van der Waals surface area contributed by atoms with Crippen molar-refractivity contribution in [2.24, 2.45) is 11.8 Å². The lowest BCUT2D eigenvalue weighted by molar-refractivity contribution is -0.162. The van der Waals surface area contributed by atoms with Gasteiger partial charge >= 0.3 is 5.97 Å². The largest absolute Gasteiger partial charge is 0.452 e. The van der Waals surface area contributed by atoms with E-state index in [0.29, 0.717) is 13.0 Å². The van der Waals surface area contributed by atoms with Crippen LogP contribution >= 0.6 is 0 Å². The highest BCUT2D eigenvalue weighted by molar-refractivity contribution is 6.03. The molecule has 5 rings (SSSR count). The summed E-state index contributed by atoms with van der Waals surface area (Å²) in [4.78, 5) is 41.3. The van der Waals surface area contributed by atoms with Crippen LogP contribution in [0, 0.1) is 25.7 Å². The number of nitrogens with zero attached hydrogens (tertiary/aromatic N) is 1. The molecule has 2 amide bonds. The van der Waals surface area contributed by atoms with Crippen molar-refractivity contribution < 1.29 is 23.9 Å². The summed E-state index contributed by atoms with van der Waals surface area (Å²) in [6, 6.07) is 6.18. The second-order valence-electron chi connectivity index (χ2n) is 9.99. The molecular formula is C26H32N2O5. The van der Waals surface area contributed by atoms with Crippen molar-refractivity contribution >= 4 is 23.5 Å². The smallest absolute Gasteiger partial charge is 0.313 e. The van der Waals surface area contributed by atoms with Crippen LogP contribution in [-0.4, -0.2) is 48.2 Å². The Morgan fingerprint density at radius 1 is 1.21 bits per heavy atom. The van der Waals surface area contributed by atoms with Gasteiger partial charge < -0.3 is 19.7 Å². The minimum atomic E-state index is -0.857. The average molecular weight is 453 g/mol. The number of carbonyl (C=O) groups excluding carboxylic acids is 3. The first-order valence-corrected chi connectivity index (χ1v) is 12.1. The van der Waals surface area contributed by atoms with Crippen LogP contribution in [0.4, 0.5) is 5.69 Å². The maximum absolute atomic E-state index is 13.6. The van der Waals surface area contributed by atoms with E-state index in [1.54, 1.807) is 4.90 Å². The summed E-state index contributed by atoms with van der Waals surface area (Å²) < 4.78 is 11.9. The van der Waals surface area contributed by atoms with E-state index in [2.05, 4.69) is 11.4 Å². The van der Waals surface area contributed by atoms with E-state index in [1.807, 2.05) is 45.1 Å². The first-order chi connectivity index (χ1) is 15.8. The van der Waals surface area contributed by atoms with Gasteiger partial charge in [0.2, 0.25) is 5.91 Å². The summed E-state index contributed by atoms with van der Waals surface area (Å²) in [5, 5.41) is 3.02. The van der Waals surface area contributed by atoms with Crippen LogP contribution in [0.3, 0.4) is 0 Å². The summed E-state index contributed by atoms with van der Waals surface area (Å²) in [5.74, 6) is -2.29. The maximum atomic E-state index is 13.6. The van der Waals surface area contributed by atoms with E-state index in [-0.39, 0.29) is 17.9 Å². The first-order valence-electron chi connectivity index (χ1n) is 12.1. The van der Waals surface area contributed by atoms with E-state index < -0.39 is 35.6 Å². The molecule has 3 heterocycles. The number of aryl methyl sites for hydroxylation is 2. The van der Waals surface area contributed by atoms with Gasteiger partial charge in [0.1, 0.15) is 11.5 Å². The number of benzene rings is 1. The highest BCUT2D eigenvalue weighted by Crippen LogP contribution is 2.53. The molecule has 7 heteroatoms. The normalized spacial score (nSPS) is 31.2. The molecular weight excluding hydrogens is 420 g/mol. The molecule has 2 saturated heterocycles. The lowest BCUT2D eigenvalue weighted by Gasteiger charge is -2.25. The van der Waals surface area contributed by atoms with Gasteiger partial charge in [-0.3, -0.25) is 14.4 Å². The van der Waals surface area contributed by atoms with E-state index in [0.717, 1.165) is 42.5 Å². The number of hydrogen-bond donors (Lipinski definition) is 1. The van der Waals surface area contributed by atoms with Crippen LogP contribution < -0.4 is 10.2 Å². The van der Waals surface area contributed by atoms with E-state index in [4.69, 9.17) is 9.47 Å². The van der Waals surface area contributed by atoms with Crippen LogP contribution in [0.15, 0.2) is 30.4 Å². The predicted octanol–water partition coefficient (Wildman–Crippen LogP) is 2.97. The fourth-order valence-electron chi connectivity index (χ4n) is 6.00. The van der Waals surface area contributed by atoms with Crippen molar-refractivity contribution in [3.63, 3.8) is 0 Å². The van der Waals surface area contributed by atoms with Crippen LogP contribution in [-0.2, 0) is 23.9 Å². The Balaban J connectivity index is 1.34. The highest BCUT2D eigenvalue weighted by Gasteiger charge is 2.67. The van der Waals surface area contributed by atoms with Crippen LogP contribution in [0.2, 0.25) is 0 Å². The Morgan fingerprint density at radius 2 is 1.91 bits per heavy atom. The molecule has 1 spiro atoms. The molecule has 7 nitrogen and oxygen atoms in total. The standard InChI is InChI=1S/C26H32N2O5/c1-4-19(23(29)27-17-7-5-6-8-17)32-25(31)21-20-9-10-26(33-20)14-28(24(30)22(21)26)18-12-15(2)11-16(3)13-18/h9-13,17,19-22H,4-8,14H2,1-3H3,(H,27,29). The number of ether oxygens (including phenoxy) is 2. The maximum Gasteiger partial charge on any atom is 0.313 e. The van der Waals surface area contributed by atoms with Gasteiger partial charge in [-0.1, -0.05) is 38.0 Å². The Hall–Kier alpha value is -2.67. The highest BCUT2D eigenvalue weighted by atomic mass is 16.6. The number of carbonyl (C=O) groups is 3. The Labute approximate surface area is 194 Å². The topological polar surface area (TPSA) is 84.9 Å². The SMILES string of the molecule is CCC(OC(=O)C1C2C=CC3(CN(c4cc(C)cc(C)c4)C(=O)C13)O2)C(=O)NC1CCCC1. The lowest BCUT2D eigenvalue weighted by atomic mass is 9.77. The van der Waals surface area contributed by atoms with Crippen LogP contribution in [0.5, 0.6) is 0 Å². The Kier molecular flexibility index (Phi) is 5.55. The van der Waals surface area contributed by atoms with Crippen molar-refractivity contribution in [3.8, 4) is 0 Å². The second kappa shape index (κ2) is 8.28. The van der Waals surface area contributed by atoms with Crippen molar-refractivity contribution in [2.75, 3.05) is 11.4 Å². The minimum Gasteiger partial charge on any atom is -0.452 e. The number of rotatable bonds is 6. The van der Waals surface area contributed by atoms with Gasteiger partial charge in [0, 0.05) is 11.7 Å². The lowest BCUT2D eigenvalue weighted by Crippen LogP contribution is -2.45. The molecule has 33 heavy (non-hydrogen) atoms. The first kappa shape index (κ1) is 22.1. The molecule has 1 saturated carbocycles. The fraction of sp³-hybridized carbons (Fsp3) is 0.577. The Bertz CT molecular complexity index is 994. The van der Waals surface area contributed by atoms with Crippen molar-refractivity contribution in [2.45, 2.75) is 76.7 Å². The number of fused-ring (bicyclic) bond motifs is 1. The molecule has 5 unspecified atom stereocenters. The molecule has 3 aliphatic heterocycles. The molecule has 2 bridgehead atoms. The molecule has 0 aromatic heterocycles. The molecule has 176 valence electrons. The molecule has 1 aromatic rings. The zero-order valence-electron chi connectivity index (χ0n) is 19.5. The van der Waals surface area contributed by atoms with Gasteiger partial charge in [-0.05, 0) is 56.4 Å². The third kappa shape index (κ3) is 3.76. The van der Waals surface area contributed by atoms with Gasteiger partial charge in [0.05, 0.1) is 18.6 Å². The number of esters is 1. The second-order valence-corrected chi connectivity index (χ2v) is 9.99. The van der Waals surface area contributed by atoms with E-state index in [1.165, 1.54) is 0 Å². The van der Waals surface area contributed by atoms with Gasteiger partial charge in [0.15, 0.2) is 6.10 Å². The number of amides is 2. The van der Waals surface area contributed by atoms with Crippen LogP contribution in [0.25, 0.3) is 0 Å². The molecule has 1 aromatic carbocycles. The molecule has 5 atom stereocenters. The molecule has 3 fully saturated rings. The summed E-state index contributed by atoms with van der Waals surface area (Å²) in [5.41, 5.74) is 2.14.